The van der Waals surface area contributed by atoms with E-state index in [-0.39, 0.29) is 17.9 Å². The molecule has 2 N–H and O–H groups in total. The number of carbonyl (C=O) groups excluding carboxylic acids is 1. The van der Waals surface area contributed by atoms with Gasteiger partial charge in [0.2, 0.25) is 5.91 Å². The van der Waals surface area contributed by atoms with Gasteiger partial charge in [-0.25, -0.2) is 4.79 Å². The molecule has 0 radical (unpaired) electrons. The molecule has 2 fully saturated rings. The Kier molecular flexibility index (Phi) is 7.56. The molecule has 0 unspecified atom stereocenters. The van der Waals surface area contributed by atoms with Gasteiger partial charge in [0.25, 0.3) is 0 Å². The van der Waals surface area contributed by atoms with Crippen LogP contribution in [0.4, 0.5) is 13.2 Å². The Labute approximate surface area is 182 Å². The number of aliphatic carboxylic acids is 1. The van der Waals surface area contributed by atoms with E-state index in [2.05, 4.69) is 15.3 Å². The van der Waals surface area contributed by atoms with Crippen molar-refractivity contribution in [2.24, 2.45) is 13.0 Å². The molecule has 32 heavy (non-hydrogen) atoms. The SMILES string of the molecule is Cn1cc(CN2C[C@@H](C(=O)NCc3ccco3)C[C@H]3OCC[C@H]32)cn1.O=C(O)C(F)(F)F. The van der Waals surface area contributed by atoms with Crippen LogP contribution in [-0.2, 0) is 34.5 Å². The van der Waals surface area contributed by atoms with Crippen LogP contribution in [0.15, 0.2) is 35.2 Å². The number of likely N-dealkylation sites (tertiary alicyclic amines) is 1. The van der Waals surface area contributed by atoms with Gasteiger partial charge < -0.3 is 19.6 Å². The number of carbonyl (C=O) groups is 2. The molecular formula is C20H25F3N4O5. The number of fused-ring (bicyclic) bond motifs is 1. The van der Waals surface area contributed by atoms with Gasteiger partial charge in [-0.05, 0) is 25.0 Å². The van der Waals surface area contributed by atoms with E-state index in [9.17, 15) is 18.0 Å². The molecule has 4 rings (SSSR count). The highest BCUT2D eigenvalue weighted by molar-refractivity contribution is 5.79. The molecule has 2 aromatic heterocycles. The summed E-state index contributed by atoms with van der Waals surface area (Å²) >= 11 is 0. The van der Waals surface area contributed by atoms with Gasteiger partial charge in [-0.2, -0.15) is 18.3 Å². The number of amides is 1. The lowest BCUT2D eigenvalue weighted by atomic mass is 9.89. The molecule has 2 aliphatic rings. The van der Waals surface area contributed by atoms with Gasteiger partial charge in [0, 0.05) is 44.5 Å². The molecule has 9 nitrogen and oxygen atoms in total. The van der Waals surface area contributed by atoms with Crippen molar-refractivity contribution in [3.05, 3.63) is 42.1 Å². The lowest BCUT2D eigenvalue weighted by Gasteiger charge is -2.40. The molecule has 2 aromatic rings. The van der Waals surface area contributed by atoms with Gasteiger partial charge in [0.05, 0.1) is 31.0 Å². The van der Waals surface area contributed by atoms with Crippen LogP contribution >= 0.6 is 0 Å². The summed E-state index contributed by atoms with van der Waals surface area (Å²) in [5.41, 5.74) is 1.17. The van der Waals surface area contributed by atoms with Crippen molar-refractivity contribution in [1.29, 1.82) is 0 Å². The number of nitrogens with zero attached hydrogens (tertiary/aromatic N) is 3. The number of nitrogens with one attached hydrogen (secondary N) is 1. The number of furan rings is 1. The van der Waals surface area contributed by atoms with Crippen molar-refractivity contribution in [2.45, 2.75) is 44.3 Å². The molecule has 12 heteroatoms. The quantitative estimate of drug-likeness (QED) is 0.705. The Morgan fingerprint density at radius 2 is 2.12 bits per heavy atom. The Morgan fingerprint density at radius 1 is 1.38 bits per heavy atom. The van der Waals surface area contributed by atoms with E-state index in [1.165, 1.54) is 5.56 Å². The summed E-state index contributed by atoms with van der Waals surface area (Å²) in [6.07, 6.45) is 2.43. The summed E-state index contributed by atoms with van der Waals surface area (Å²) in [6.45, 7) is 2.77. The number of rotatable bonds is 5. The van der Waals surface area contributed by atoms with Gasteiger partial charge in [0.15, 0.2) is 0 Å². The van der Waals surface area contributed by atoms with Crippen LogP contribution in [0, 0.1) is 5.92 Å². The molecule has 0 saturated carbocycles. The number of aromatic nitrogens is 2. The van der Waals surface area contributed by atoms with E-state index < -0.39 is 12.1 Å². The van der Waals surface area contributed by atoms with Crippen molar-refractivity contribution in [3.8, 4) is 0 Å². The van der Waals surface area contributed by atoms with Crippen LogP contribution in [0.25, 0.3) is 0 Å². The smallest absolute Gasteiger partial charge is 0.475 e. The first kappa shape index (κ1) is 23.8. The average Bonchev–Trinajstić information content (AvgIpc) is 3.48. The molecule has 1 amide bonds. The first-order valence-corrected chi connectivity index (χ1v) is 10.1. The third-order valence-electron chi connectivity index (χ3n) is 5.39. The third kappa shape index (κ3) is 6.33. The predicted octanol–water partition coefficient (Wildman–Crippen LogP) is 1.94. The minimum atomic E-state index is -5.08. The maximum atomic E-state index is 12.6. The fourth-order valence-corrected chi connectivity index (χ4v) is 3.94. The summed E-state index contributed by atoms with van der Waals surface area (Å²) in [6, 6.07) is 4.09. The van der Waals surface area contributed by atoms with Crippen LogP contribution in [-0.4, -0.2) is 63.1 Å². The van der Waals surface area contributed by atoms with E-state index in [4.69, 9.17) is 19.1 Å². The van der Waals surface area contributed by atoms with E-state index in [0.717, 1.165) is 38.3 Å². The fraction of sp³-hybridized carbons (Fsp3) is 0.550. The fourth-order valence-electron chi connectivity index (χ4n) is 3.94. The standard InChI is InChI=1S/C18H24N4O3.C2HF3O2/c1-21-10-13(8-20-21)11-22-12-14(7-17-16(22)4-6-25-17)18(23)19-9-15-3-2-5-24-15;3-2(4,5)1(6)7/h2-3,5,8,10,14,16-17H,4,6-7,9,11-12H2,1H3,(H,19,23);(H,6,7)/t14-,16+,17+;/m0./s1. The molecule has 3 atom stereocenters. The highest BCUT2D eigenvalue weighted by Crippen LogP contribution is 2.32. The maximum absolute atomic E-state index is 12.6. The minimum absolute atomic E-state index is 0.0639. The zero-order chi connectivity index (χ0) is 23.3. The number of alkyl halides is 3. The summed E-state index contributed by atoms with van der Waals surface area (Å²) in [4.78, 5) is 23.9. The molecule has 2 saturated heterocycles. The predicted molar refractivity (Wildman–Crippen MR) is 104 cm³/mol. The normalized spacial score (nSPS) is 23.2. The first-order chi connectivity index (χ1) is 15.1. The highest BCUT2D eigenvalue weighted by Gasteiger charge is 2.42. The number of carboxylic acids is 1. The number of aryl methyl sites for hydroxylation is 1. The molecule has 0 bridgehead atoms. The average molecular weight is 458 g/mol. The second-order valence-electron chi connectivity index (χ2n) is 7.75. The number of carboxylic acid groups (broad SMARTS) is 1. The maximum Gasteiger partial charge on any atom is 0.490 e. The summed E-state index contributed by atoms with van der Waals surface area (Å²) < 4.78 is 44.7. The Balaban J connectivity index is 0.000000360. The Bertz CT molecular complexity index is 899. The molecule has 0 aliphatic carbocycles. The second kappa shape index (κ2) is 10.2. The van der Waals surface area contributed by atoms with Crippen molar-refractivity contribution in [2.75, 3.05) is 13.2 Å². The number of hydrogen-bond acceptors (Lipinski definition) is 6. The monoisotopic (exact) mass is 458 g/mol. The van der Waals surface area contributed by atoms with Crippen LogP contribution in [0.1, 0.15) is 24.2 Å². The van der Waals surface area contributed by atoms with Gasteiger partial charge in [0.1, 0.15) is 5.76 Å². The lowest BCUT2D eigenvalue weighted by Crippen LogP contribution is -2.52. The summed E-state index contributed by atoms with van der Waals surface area (Å²) in [5.74, 6) is -1.98. The summed E-state index contributed by atoms with van der Waals surface area (Å²) in [5, 5.41) is 14.4. The molecule has 2 aliphatic heterocycles. The van der Waals surface area contributed by atoms with Gasteiger partial charge >= 0.3 is 12.1 Å². The molecular weight excluding hydrogens is 433 g/mol. The van der Waals surface area contributed by atoms with Crippen LogP contribution in [0.3, 0.4) is 0 Å². The number of ether oxygens (including phenoxy) is 1. The van der Waals surface area contributed by atoms with Crippen molar-refractivity contribution < 1.29 is 37.0 Å². The topological polar surface area (TPSA) is 110 Å². The zero-order valence-electron chi connectivity index (χ0n) is 17.4. The lowest BCUT2D eigenvalue weighted by molar-refractivity contribution is -0.192. The second-order valence-corrected chi connectivity index (χ2v) is 7.75. The van der Waals surface area contributed by atoms with Crippen LogP contribution < -0.4 is 5.32 Å². The largest absolute Gasteiger partial charge is 0.490 e. The highest BCUT2D eigenvalue weighted by atomic mass is 19.4. The minimum Gasteiger partial charge on any atom is -0.475 e. The molecule has 0 spiro atoms. The van der Waals surface area contributed by atoms with Crippen LogP contribution in [0.5, 0.6) is 0 Å². The van der Waals surface area contributed by atoms with Crippen molar-refractivity contribution >= 4 is 11.9 Å². The van der Waals surface area contributed by atoms with Gasteiger partial charge in [-0.1, -0.05) is 0 Å². The van der Waals surface area contributed by atoms with E-state index in [1.54, 1.807) is 6.26 Å². The van der Waals surface area contributed by atoms with Gasteiger partial charge in [-0.15, -0.1) is 0 Å². The van der Waals surface area contributed by atoms with E-state index >= 15 is 0 Å². The van der Waals surface area contributed by atoms with Crippen molar-refractivity contribution in [1.82, 2.24) is 20.0 Å². The first-order valence-electron chi connectivity index (χ1n) is 10.1. The molecule has 4 heterocycles. The van der Waals surface area contributed by atoms with E-state index in [0.29, 0.717) is 12.6 Å². The number of piperidine rings is 1. The van der Waals surface area contributed by atoms with Gasteiger partial charge in [-0.3, -0.25) is 14.4 Å². The third-order valence-corrected chi connectivity index (χ3v) is 5.39. The van der Waals surface area contributed by atoms with E-state index in [1.807, 2.05) is 36.3 Å². The van der Waals surface area contributed by atoms with Crippen LogP contribution in [0.2, 0.25) is 0 Å². The molecule has 0 aromatic carbocycles. The molecule has 176 valence electrons. The number of halogens is 3. The Hall–Kier alpha value is -2.86. The summed E-state index contributed by atoms with van der Waals surface area (Å²) in [7, 11) is 1.92. The number of hydrogen-bond donors (Lipinski definition) is 2. The van der Waals surface area contributed by atoms with Crippen molar-refractivity contribution in [3.63, 3.8) is 0 Å². The Morgan fingerprint density at radius 3 is 2.72 bits per heavy atom. The zero-order valence-corrected chi connectivity index (χ0v) is 17.4.